The Labute approximate surface area is 92.1 Å². The van der Waals surface area contributed by atoms with Gasteiger partial charge in [0, 0.05) is 19.3 Å². The van der Waals surface area contributed by atoms with Crippen molar-refractivity contribution in [2.24, 2.45) is 18.4 Å². The van der Waals surface area contributed by atoms with Crippen LogP contribution in [0.25, 0.3) is 0 Å². The third kappa shape index (κ3) is 2.59. The normalized spacial score (nSPS) is 15.7. The van der Waals surface area contributed by atoms with Gasteiger partial charge in [-0.3, -0.25) is 4.68 Å². The van der Waals surface area contributed by atoms with Gasteiger partial charge in [0.1, 0.15) is 0 Å². The molecule has 1 heterocycles. The van der Waals surface area contributed by atoms with Crippen molar-refractivity contribution in [3.05, 3.63) is 17.5 Å². The molecule has 1 aromatic rings. The number of aryl methyl sites for hydroxylation is 2. The molecule has 86 valence electrons. The number of nitrogens with zero attached hydrogens (tertiary/aromatic N) is 2. The predicted molar refractivity (Wildman–Crippen MR) is 61.7 cm³/mol. The van der Waals surface area contributed by atoms with Crippen molar-refractivity contribution < 1.29 is 5.11 Å². The molecule has 1 N–H and O–H groups in total. The monoisotopic (exact) mass is 210 g/mol. The number of aliphatic hydroxyl groups is 1. The molecule has 0 radical (unpaired) electrons. The highest BCUT2D eigenvalue weighted by Gasteiger charge is 2.29. The second-order valence-corrected chi connectivity index (χ2v) is 5.04. The Morgan fingerprint density at radius 1 is 1.53 bits per heavy atom. The number of hydrogen-bond donors (Lipinski definition) is 1. The molecule has 0 spiro atoms. The highest BCUT2D eigenvalue weighted by molar-refractivity contribution is 5.11. The summed E-state index contributed by atoms with van der Waals surface area (Å²) in [7, 11) is 1.96. The van der Waals surface area contributed by atoms with E-state index in [2.05, 4.69) is 31.9 Å². The van der Waals surface area contributed by atoms with Crippen molar-refractivity contribution in [3.63, 3.8) is 0 Å². The van der Waals surface area contributed by atoms with Gasteiger partial charge < -0.3 is 5.11 Å². The Bertz CT molecular complexity index is 330. The molecule has 0 saturated heterocycles. The van der Waals surface area contributed by atoms with Crippen LogP contribution in [0.15, 0.2) is 6.07 Å². The second-order valence-electron chi connectivity index (χ2n) is 5.04. The van der Waals surface area contributed by atoms with E-state index in [9.17, 15) is 5.11 Å². The van der Waals surface area contributed by atoms with Crippen molar-refractivity contribution in [1.82, 2.24) is 9.78 Å². The number of aliphatic hydroxyl groups excluding tert-OH is 1. The Balaban J connectivity index is 2.88. The SMILES string of the molecule is Cc1cc(CC(C)(CO)C(C)C)n(C)n1. The Hall–Kier alpha value is -0.830. The molecule has 3 nitrogen and oxygen atoms in total. The van der Waals surface area contributed by atoms with E-state index in [1.165, 1.54) is 5.69 Å². The largest absolute Gasteiger partial charge is 0.396 e. The van der Waals surface area contributed by atoms with Gasteiger partial charge in [-0.05, 0) is 30.7 Å². The minimum absolute atomic E-state index is 0.0553. The molecule has 0 aliphatic rings. The van der Waals surface area contributed by atoms with Crippen LogP contribution in [-0.2, 0) is 13.5 Å². The molecule has 0 aliphatic carbocycles. The third-order valence-corrected chi connectivity index (χ3v) is 3.44. The summed E-state index contributed by atoms with van der Waals surface area (Å²) in [6, 6.07) is 2.09. The molecule has 3 heteroatoms. The van der Waals surface area contributed by atoms with E-state index in [0.29, 0.717) is 5.92 Å². The van der Waals surface area contributed by atoms with Crippen LogP contribution < -0.4 is 0 Å². The first kappa shape index (κ1) is 12.2. The summed E-state index contributed by atoms with van der Waals surface area (Å²) < 4.78 is 1.91. The van der Waals surface area contributed by atoms with E-state index >= 15 is 0 Å². The van der Waals surface area contributed by atoms with Crippen LogP contribution in [0.5, 0.6) is 0 Å². The highest BCUT2D eigenvalue weighted by Crippen LogP contribution is 2.30. The van der Waals surface area contributed by atoms with Crippen molar-refractivity contribution in [2.75, 3.05) is 6.61 Å². The van der Waals surface area contributed by atoms with Crippen LogP contribution in [-0.4, -0.2) is 21.5 Å². The molecule has 0 amide bonds. The molecule has 1 atom stereocenters. The van der Waals surface area contributed by atoms with E-state index in [0.717, 1.165) is 12.1 Å². The summed E-state index contributed by atoms with van der Waals surface area (Å²) in [5.41, 5.74) is 2.18. The molecular formula is C12H22N2O. The van der Waals surface area contributed by atoms with Crippen LogP contribution in [0.2, 0.25) is 0 Å². The van der Waals surface area contributed by atoms with E-state index in [1.807, 2.05) is 18.7 Å². The Morgan fingerprint density at radius 2 is 2.13 bits per heavy atom. The van der Waals surface area contributed by atoms with Gasteiger partial charge in [0.15, 0.2) is 0 Å². The minimum Gasteiger partial charge on any atom is -0.396 e. The molecule has 1 unspecified atom stereocenters. The standard InChI is InChI=1S/C12H22N2O/c1-9(2)12(4,8-15)7-11-6-10(3)13-14(11)5/h6,9,15H,7-8H2,1-5H3. The summed E-state index contributed by atoms with van der Waals surface area (Å²) in [4.78, 5) is 0. The van der Waals surface area contributed by atoms with Gasteiger partial charge in [0.05, 0.1) is 5.69 Å². The molecule has 0 aromatic carbocycles. The lowest BCUT2D eigenvalue weighted by molar-refractivity contribution is 0.0928. The zero-order valence-corrected chi connectivity index (χ0v) is 10.4. The number of hydrogen-bond acceptors (Lipinski definition) is 2. The third-order valence-electron chi connectivity index (χ3n) is 3.44. The van der Waals surface area contributed by atoms with Gasteiger partial charge in [0.2, 0.25) is 0 Å². The average Bonchev–Trinajstić information content (AvgIpc) is 2.44. The fourth-order valence-corrected chi connectivity index (χ4v) is 1.69. The van der Waals surface area contributed by atoms with Crippen LogP contribution in [0, 0.1) is 18.3 Å². The maximum absolute atomic E-state index is 9.49. The smallest absolute Gasteiger partial charge is 0.0596 e. The summed E-state index contributed by atoms with van der Waals surface area (Å²) >= 11 is 0. The molecule has 1 aromatic heterocycles. The quantitative estimate of drug-likeness (QED) is 0.824. The van der Waals surface area contributed by atoms with E-state index in [4.69, 9.17) is 0 Å². The second kappa shape index (κ2) is 4.35. The summed E-state index contributed by atoms with van der Waals surface area (Å²) in [5.74, 6) is 0.456. The van der Waals surface area contributed by atoms with Crippen molar-refractivity contribution in [3.8, 4) is 0 Å². The lowest BCUT2D eigenvalue weighted by atomic mass is 9.76. The van der Waals surface area contributed by atoms with E-state index in [-0.39, 0.29) is 12.0 Å². The molecule has 0 bridgehead atoms. The van der Waals surface area contributed by atoms with Gasteiger partial charge in [-0.25, -0.2) is 0 Å². The lowest BCUT2D eigenvalue weighted by Gasteiger charge is -2.31. The number of rotatable bonds is 4. The topological polar surface area (TPSA) is 38.0 Å². The van der Waals surface area contributed by atoms with Gasteiger partial charge in [-0.15, -0.1) is 0 Å². The average molecular weight is 210 g/mol. The first-order valence-electron chi connectivity index (χ1n) is 5.49. The predicted octanol–water partition coefficient (Wildman–Crippen LogP) is 1.93. The fraction of sp³-hybridized carbons (Fsp3) is 0.750. The molecule has 0 fully saturated rings. The maximum Gasteiger partial charge on any atom is 0.0596 e. The molecular weight excluding hydrogens is 188 g/mol. The molecule has 0 saturated carbocycles. The van der Waals surface area contributed by atoms with Crippen molar-refractivity contribution in [2.45, 2.75) is 34.1 Å². The van der Waals surface area contributed by atoms with Crippen molar-refractivity contribution in [1.29, 1.82) is 0 Å². The number of aromatic nitrogens is 2. The summed E-state index contributed by atoms with van der Waals surface area (Å²) in [6.07, 6.45) is 0.874. The summed E-state index contributed by atoms with van der Waals surface area (Å²) in [6.45, 7) is 8.64. The molecule has 0 aliphatic heterocycles. The molecule has 15 heavy (non-hydrogen) atoms. The zero-order valence-electron chi connectivity index (χ0n) is 10.4. The van der Waals surface area contributed by atoms with Crippen LogP contribution >= 0.6 is 0 Å². The first-order valence-corrected chi connectivity index (χ1v) is 5.49. The molecule has 1 rings (SSSR count). The zero-order chi connectivity index (χ0) is 11.6. The van der Waals surface area contributed by atoms with Gasteiger partial charge in [-0.1, -0.05) is 20.8 Å². The van der Waals surface area contributed by atoms with Crippen molar-refractivity contribution >= 4 is 0 Å². The first-order chi connectivity index (χ1) is 6.89. The van der Waals surface area contributed by atoms with E-state index in [1.54, 1.807) is 0 Å². The van der Waals surface area contributed by atoms with Crippen LogP contribution in [0.4, 0.5) is 0 Å². The Morgan fingerprint density at radius 3 is 2.47 bits per heavy atom. The fourth-order valence-electron chi connectivity index (χ4n) is 1.69. The summed E-state index contributed by atoms with van der Waals surface area (Å²) in [5, 5.41) is 13.8. The van der Waals surface area contributed by atoms with Crippen LogP contribution in [0.3, 0.4) is 0 Å². The van der Waals surface area contributed by atoms with Crippen LogP contribution in [0.1, 0.15) is 32.2 Å². The van der Waals surface area contributed by atoms with Gasteiger partial charge in [-0.2, -0.15) is 5.10 Å². The van der Waals surface area contributed by atoms with Gasteiger partial charge >= 0.3 is 0 Å². The van der Waals surface area contributed by atoms with E-state index < -0.39 is 0 Å². The highest BCUT2D eigenvalue weighted by atomic mass is 16.3. The Kier molecular flexibility index (Phi) is 3.55. The lowest BCUT2D eigenvalue weighted by Crippen LogP contribution is -2.31. The minimum atomic E-state index is -0.0553. The maximum atomic E-state index is 9.49. The van der Waals surface area contributed by atoms with Gasteiger partial charge in [0.25, 0.3) is 0 Å².